The van der Waals surface area contributed by atoms with Gasteiger partial charge >= 0.3 is 13.3 Å². The predicted molar refractivity (Wildman–Crippen MR) is 148 cm³/mol. The van der Waals surface area contributed by atoms with Crippen LogP contribution < -0.4 is 11.4 Å². The molecule has 220 valence electrons. The Hall–Kier alpha value is -1.32. The first-order valence-electron chi connectivity index (χ1n) is 14.4. The first-order chi connectivity index (χ1) is 18.4. The number of unbranched alkanes of at least 4 members (excludes halogenated alkanes) is 11. The molecule has 2 heterocycles. The highest BCUT2D eigenvalue weighted by atomic mass is 31.2. The van der Waals surface area contributed by atoms with Gasteiger partial charge in [0.2, 0.25) is 0 Å². The fraction of sp³-hybridized carbons (Fsp3) is 0.852. The SMILES string of the molecule is CC(F)CCCCCCCCCCCCCCOCCCOP1(=O)CO[C@@H](Cn2ccc(N)nc2=O)CO1. The second kappa shape index (κ2) is 19.7. The summed E-state index contributed by atoms with van der Waals surface area (Å²) in [5, 5.41) is 0. The summed E-state index contributed by atoms with van der Waals surface area (Å²) >= 11 is 0. The molecule has 1 aromatic rings. The van der Waals surface area contributed by atoms with Gasteiger partial charge in [0.15, 0.2) is 0 Å². The number of nitrogen functional groups attached to an aromatic ring is 1. The van der Waals surface area contributed by atoms with E-state index >= 15 is 0 Å². The van der Waals surface area contributed by atoms with Gasteiger partial charge in [0.25, 0.3) is 0 Å². The van der Waals surface area contributed by atoms with E-state index in [2.05, 4.69) is 4.98 Å². The third-order valence-corrected chi connectivity index (χ3v) is 8.17. The molecule has 1 aliphatic heterocycles. The topological polar surface area (TPSA) is 115 Å². The quantitative estimate of drug-likeness (QED) is 0.131. The number of anilines is 1. The smallest absolute Gasteiger partial charge is 0.356 e. The van der Waals surface area contributed by atoms with E-state index in [-0.39, 0.29) is 31.9 Å². The van der Waals surface area contributed by atoms with Crippen molar-refractivity contribution in [3.63, 3.8) is 0 Å². The van der Waals surface area contributed by atoms with Crippen molar-refractivity contribution in [1.82, 2.24) is 9.55 Å². The molecule has 1 aromatic heterocycles. The second-order valence-electron chi connectivity index (χ2n) is 10.2. The lowest BCUT2D eigenvalue weighted by Gasteiger charge is -2.29. The molecule has 2 rings (SSSR count). The van der Waals surface area contributed by atoms with Crippen molar-refractivity contribution in [2.45, 2.75) is 116 Å². The average Bonchev–Trinajstić information content (AvgIpc) is 2.88. The summed E-state index contributed by atoms with van der Waals surface area (Å²) in [6, 6.07) is 1.54. The molecule has 1 fully saturated rings. The minimum atomic E-state index is -3.28. The van der Waals surface area contributed by atoms with E-state index < -0.39 is 25.6 Å². The van der Waals surface area contributed by atoms with Crippen LogP contribution in [0.2, 0.25) is 0 Å². The summed E-state index contributed by atoms with van der Waals surface area (Å²) < 4.78 is 48.9. The van der Waals surface area contributed by atoms with Gasteiger partial charge in [-0.15, -0.1) is 0 Å². The maximum Gasteiger partial charge on any atom is 0.356 e. The molecular weight excluding hydrogens is 512 g/mol. The van der Waals surface area contributed by atoms with Crippen molar-refractivity contribution in [1.29, 1.82) is 0 Å². The Kier molecular flexibility index (Phi) is 17.0. The standard InChI is InChI=1S/C27H49FN3O6P/c1-24(28)15-12-10-8-6-4-2-3-5-7-9-11-13-18-34-19-14-20-36-38(33)23-35-25(22-37-38)21-31-17-16-26(29)30-27(31)32/h16-17,24-25H,2-15,18-23H2,1H3,(H2,29,30,32)/t24?,25-,38?/m0/s1. The van der Waals surface area contributed by atoms with Crippen LogP contribution in [0.4, 0.5) is 10.2 Å². The van der Waals surface area contributed by atoms with Crippen LogP contribution in [-0.4, -0.2) is 54.6 Å². The molecule has 3 atom stereocenters. The van der Waals surface area contributed by atoms with E-state index in [1.807, 2.05) is 0 Å². The van der Waals surface area contributed by atoms with Crippen molar-refractivity contribution in [3.8, 4) is 0 Å². The van der Waals surface area contributed by atoms with Crippen LogP contribution in [0.5, 0.6) is 0 Å². The third kappa shape index (κ3) is 15.3. The van der Waals surface area contributed by atoms with E-state index in [1.54, 1.807) is 13.1 Å². The van der Waals surface area contributed by atoms with Crippen molar-refractivity contribution in [2.24, 2.45) is 0 Å². The largest absolute Gasteiger partial charge is 0.383 e. The van der Waals surface area contributed by atoms with Gasteiger partial charge in [-0.25, -0.2) is 9.18 Å². The Morgan fingerprint density at radius 2 is 1.63 bits per heavy atom. The zero-order valence-electron chi connectivity index (χ0n) is 23.2. The summed E-state index contributed by atoms with van der Waals surface area (Å²) in [4.78, 5) is 15.5. The highest BCUT2D eigenvalue weighted by Crippen LogP contribution is 2.50. The van der Waals surface area contributed by atoms with Gasteiger partial charge in [-0.05, 0) is 32.3 Å². The highest BCUT2D eigenvalue weighted by Gasteiger charge is 2.33. The molecule has 1 saturated heterocycles. The maximum absolute atomic E-state index is 12.7. The molecule has 0 aromatic carbocycles. The molecule has 0 aliphatic carbocycles. The third-order valence-electron chi connectivity index (χ3n) is 6.58. The molecule has 0 saturated carbocycles. The van der Waals surface area contributed by atoms with Crippen LogP contribution in [-0.2, 0) is 29.6 Å². The van der Waals surface area contributed by atoms with Crippen LogP contribution in [0.1, 0.15) is 96.8 Å². The van der Waals surface area contributed by atoms with Crippen LogP contribution in [0, 0.1) is 0 Å². The molecule has 9 nitrogen and oxygen atoms in total. The van der Waals surface area contributed by atoms with Crippen molar-refractivity contribution in [2.75, 3.05) is 38.5 Å². The predicted octanol–water partition coefficient (Wildman–Crippen LogP) is 6.24. The Balaban J connectivity index is 1.34. The Labute approximate surface area is 227 Å². The summed E-state index contributed by atoms with van der Waals surface area (Å²) in [5.41, 5.74) is 5.03. The summed E-state index contributed by atoms with van der Waals surface area (Å²) in [5.74, 6) is 0.163. The molecule has 1 aliphatic rings. The lowest BCUT2D eigenvalue weighted by Crippen LogP contribution is -2.35. The minimum absolute atomic E-state index is 0.0761. The fourth-order valence-corrected chi connectivity index (χ4v) is 5.74. The molecular formula is C27H49FN3O6P. The minimum Gasteiger partial charge on any atom is -0.383 e. The van der Waals surface area contributed by atoms with Gasteiger partial charge in [0, 0.05) is 19.4 Å². The molecule has 11 heteroatoms. The molecule has 0 amide bonds. The lowest BCUT2D eigenvalue weighted by molar-refractivity contribution is -0.0154. The van der Waals surface area contributed by atoms with Gasteiger partial charge in [-0.1, -0.05) is 70.6 Å². The van der Waals surface area contributed by atoms with Crippen LogP contribution in [0.3, 0.4) is 0 Å². The number of halogens is 1. The number of hydrogen-bond donors (Lipinski definition) is 1. The number of alkyl halides is 1. The molecule has 0 radical (unpaired) electrons. The Morgan fingerprint density at radius 1 is 1.03 bits per heavy atom. The van der Waals surface area contributed by atoms with Crippen molar-refractivity contribution >= 4 is 13.4 Å². The van der Waals surface area contributed by atoms with Crippen LogP contribution >= 0.6 is 7.60 Å². The molecule has 38 heavy (non-hydrogen) atoms. The van der Waals surface area contributed by atoms with Gasteiger partial charge in [0.05, 0.1) is 25.9 Å². The van der Waals surface area contributed by atoms with Crippen LogP contribution in [0.25, 0.3) is 0 Å². The first kappa shape index (κ1) is 32.9. The van der Waals surface area contributed by atoms with E-state index in [4.69, 9.17) is 24.3 Å². The van der Waals surface area contributed by atoms with E-state index in [0.29, 0.717) is 19.4 Å². The number of nitrogens with two attached hydrogens (primary N) is 1. The molecule has 2 unspecified atom stereocenters. The Bertz CT molecular complexity index is 844. The average molecular weight is 562 g/mol. The molecule has 0 spiro atoms. The second-order valence-corrected chi connectivity index (χ2v) is 12.2. The van der Waals surface area contributed by atoms with Gasteiger partial charge < -0.3 is 24.3 Å². The summed E-state index contributed by atoms with van der Waals surface area (Å²) in [6.07, 6.45) is 16.5. The van der Waals surface area contributed by atoms with Crippen molar-refractivity contribution in [3.05, 3.63) is 22.7 Å². The van der Waals surface area contributed by atoms with Crippen LogP contribution in [0.15, 0.2) is 17.1 Å². The maximum atomic E-state index is 12.7. The van der Waals surface area contributed by atoms with Crippen molar-refractivity contribution < 1.29 is 27.5 Å². The molecule has 0 bridgehead atoms. The zero-order valence-corrected chi connectivity index (χ0v) is 24.1. The number of ether oxygens (including phenoxy) is 2. The van der Waals surface area contributed by atoms with E-state index in [9.17, 15) is 13.8 Å². The number of nitrogens with zero attached hydrogens (tertiary/aromatic N) is 2. The van der Waals surface area contributed by atoms with E-state index in [0.717, 1.165) is 19.4 Å². The van der Waals surface area contributed by atoms with Gasteiger partial charge in [-0.2, -0.15) is 4.98 Å². The summed E-state index contributed by atoms with van der Waals surface area (Å²) in [6.45, 7) is 3.54. The summed E-state index contributed by atoms with van der Waals surface area (Å²) in [7, 11) is -3.28. The van der Waals surface area contributed by atoms with Gasteiger partial charge in [-0.3, -0.25) is 9.13 Å². The Morgan fingerprint density at radius 3 is 2.21 bits per heavy atom. The lowest BCUT2D eigenvalue weighted by atomic mass is 10.0. The monoisotopic (exact) mass is 561 g/mol. The number of hydrogen-bond acceptors (Lipinski definition) is 8. The molecule has 2 N–H and O–H groups in total. The number of rotatable bonds is 22. The first-order valence-corrected chi connectivity index (χ1v) is 16.2. The normalized spacial score (nSPS) is 20.5. The zero-order chi connectivity index (χ0) is 27.5. The fourth-order valence-electron chi connectivity index (χ4n) is 4.32. The van der Waals surface area contributed by atoms with E-state index in [1.165, 1.54) is 74.8 Å². The van der Waals surface area contributed by atoms with Gasteiger partial charge in [0.1, 0.15) is 18.3 Å². The highest BCUT2D eigenvalue weighted by molar-refractivity contribution is 7.53. The number of aromatic nitrogens is 2.